The number of nitrogens with two attached hydrogens (primary N) is 1. The lowest BCUT2D eigenvalue weighted by atomic mass is 10.2. The summed E-state index contributed by atoms with van der Waals surface area (Å²) in [6, 6.07) is 9.34. The summed E-state index contributed by atoms with van der Waals surface area (Å²) < 4.78 is 1.98. The van der Waals surface area contributed by atoms with Gasteiger partial charge in [-0.1, -0.05) is 43.8 Å². The Morgan fingerprint density at radius 2 is 1.88 bits per heavy atom. The second-order valence-corrected chi connectivity index (χ2v) is 7.79. The van der Waals surface area contributed by atoms with E-state index in [-0.39, 0.29) is 23.5 Å². The summed E-state index contributed by atoms with van der Waals surface area (Å²) in [7, 11) is 0. The average Bonchev–Trinajstić information content (AvgIpc) is 2.95. The maximum absolute atomic E-state index is 12.4. The molecule has 7 nitrogen and oxygen atoms in total. The van der Waals surface area contributed by atoms with Crippen LogP contribution in [0.15, 0.2) is 35.5 Å². The number of amides is 2. The van der Waals surface area contributed by atoms with Gasteiger partial charge in [0.15, 0.2) is 5.16 Å². The highest BCUT2D eigenvalue weighted by molar-refractivity contribution is 8.00. The number of carbonyl (C=O) groups is 2. The molecule has 26 heavy (non-hydrogen) atoms. The molecule has 0 bridgehead atoms. The summed E-state index contributed by atoms with van der Waals surface area (Å²) >= 11 is 1.36. The van der Waals surface area contributed by atoms with Crippen molar-refractivity contribution in [3.05, 3.63) is 36.2 Å². The fourth-order valence-corrected chi connectivity index (χ4v) is 3.23. The molecule has 0 unspecified atom stereocenters. The number of hydrogen-bond acceptors (Lipinski definition) is 5. The van der Waals surface area contributed by atoms with E-state index < -0.39 is 0 Å². The number of thioether (sulfide) groups is 1. The predicted molar refractivity (Wildman–Crippen MR) is 103 cm³/mol. The maximum Gasteiger partial charge on any atom is 0.237 e. The largest absolute Gasteiger partial charge is 0.370 e. The number of aromatic nitrogens is 3. The van der Waals surface area contributed by atoms with E-state index in [2.05, 4.69) is 29.4 Å². The number of nitrogens with one attached hydrogen (secondary N) is 1. The number of primary amides is 1. The van der Waals surface area contributed by atoms with Crippen molar-refractivity contribution in [2.45, 2.75) is 50.6 Å². The monoisotopic (exact) mass is 375 g/mol. The Labute approximate surface area is 157 Å². The molecular formula is C18H25N5O2S. The highest BCUT2D eigenvalue weighted by atomic mass is 32.2. The van der Waals surface area contributed by atoms with Gasteiger partial charge in [-0.05, 0) is 25.0 Å². The van der Waals surface area contributed by atoms with Crippen molar-refractivity contribution < 1.29 is 9.59 Å². The van der Waals surface area contributed by atoms with Crippen LogP contribution in [0.1, 0.15) is 33.0 Å². The van der Waals surface area contributed by atoms with Crippen LogP contribution in [0.3, 0.4) is 0 Å². The molecule has 0 fully saturated rings. The summed E-state index contributed by atoms with van der Waals surface area (Å²) in [6.07, 6.45) is 0.672. The second kappa shape index (κ2) is 9.38. The van der Waals surface area contributed by atoms with E-state index in [4.69, 9.17) is 5.73 Å². The van der Waals surface area contributed by atoms with Crippen molar-refractivity contribution in [2.24, 2.45) is 11.7 Å². The van der Waals surface area contributed by atoms with Crippen molar-refractivity contribution in [3.63, 3.8) is 0 Å². The lowest BCUT2D eigenvalue weighted by molar-refractivity contribution is -0.118. The van der Waals surface area contributed by atoms with Crippen LogP contribution in [0.5, 0.6) is 0 Å². The lowest BCUT2D eigenvalue weighted by Gasteiger charge is -2.15. The Kier molecular flexibility index (Phi) is 7.20. The minimum Gasteiger partial charge on any atom is -0.370 e. The molecule has 0 saturated carbocycles. The van der Waals surface area contributed by atoms with Crippen molar-refractivity contribution in [1.29, 1.82) is 0 Å². The number of carbonyl (C=O) groups excluding carboxylic acids is 2. The van der Waals surface area contributed by atoms with E-state index >= 15 is 0 Å². The molecule has 0 aliphatic heterocycles. The zero-order valence-corrected chi connectivity index (χ0v) is 16.1. The van der Waals surface area contributed by atoms with Crippen LogP contribution in [0, 0.1) is 5.92 Å². The number of hydrogen-bond donors (Lipinski definition) is 2. The maximum atomic E-state index is 12.4. The Morgan fingerprint density at radius 1 is 1.19 bits per heavy atom. The van der Waals surface area contributed by atoms with Crippen molar-refractivity contribution >= 4 is 29.3 Å². The lowest BCUT2D eigenvalue weighted by Crippen LogP contribution is -2.23. The van der Waals surface area contributed by atoms with Gasteiger partial charge in [0.05, 0.1) is 5.25 Å². The topological polar surface area (TPSA) is 103 Å². The van der Waals surface area contributed by atoms with Crippen LogP contribution in [0.25, 0.3) is 0 Å². The molecule has 1 heterocycles. The first kappa shape index (κ1) is 20.0. The van der Waals surface area contributed by atoms with Gasteiger partial charge in [0.1, 0.15) is 5.82 Å². The van der Waals surface area contributed by atoms with Gasteiger partial charge >= 0.3 is 0 Å². The first-order valence-corrected chi connectivity index (χ1v) is 9.47. The molecule has 140 valence electrons. The third-order valence-corrected chi connectivity index (χ3v) is 4.71. The smallest absolute Gasteiger partial charge is 0.237 e. The van der Waals surface area contributed by atoms with Crippen LogP contribution >= 0.6 is 11.8 Å². The van der Waals surface area contributed by atoms with Crippen molar-refractivity contribution in [3.8, 4) is 0 Å². The van der Waals surface area contributed by atoms with E-state index in [0.29, 0.717) is 17.5 Å². The van der Waals surface area contributed by atoms with E-state index in [1.807, 2.05) is 41.8 Å². The quantitative estimate of drug-likeness (QED) is 0.655. The van der Waals surface area contributed by atoms with Gasteiger partial charge in [0, 0.05) is 25.1 Å². The average molecular weight is 375 g/mol. The number of anilines is 1. The number of rotatable bonds is 9. The molecule has 2 rings (SSSR count). The summed E-state index contributed by atoms with van der Waals surface area (Å²) in [5, 5.41) is 11.6. The molecule has 8 heteroatoms. The molecule has 0 radical (unpaired) electrons. The summed E-state index contributed by atoms with van der Waals surface area (Å²) in [4.78, 5) is 23.5. The fourth-order valence-electron chi connectivity index (χ4n) is 2.35. The third kappa shape index (κ3) is 5.87. The molecule has 2 aromatic rings. The van der Waals surface area contributed by atoms with E-state index in [1.165, 1.54) is 11.8 Å². The second-order valence-electron chi connectivity index (χ2n) is 6.48. The first-order chi connectivity index (χ1) is 12.4. The van der Waals surface area contributed by atoms with Crippen LogP contribution in [0.2, 0.25) is 0 Å². The third-order valence-electron chi connectivity index (χ3n) is 3.63. The van der Waals surface area contributed by atoms with Gasteiger partial charge in [-0.25, -0.2) is 0 Å². The number of nitrogens with zero attached hydrogens (tertiary/aromatic N) is 3. The van der Waals surface area contributed by atoms with Crippen LogP contribution < -0.4 is 11.1 Å². The van der Waals surface area contributed by atoms with Crippen molar-refractivity contribution in [2.75, 3.05) is 5.32 Å². The van der Waals surface area contributed by atoms with Crippen molar-refractivity contribution in [1.82, 2.24) is 14.8 Å². The van der Waals surface area contributed by atoms with Crippen LogP contribution in [-0.4, -0.2) is 31.8 Å². The highest BCUT2D eigenvalue weighted by Gasteiger charge is 2.21. The number of para-hydroxylation sites is 1. The zero-order valence-electron chi connectivity index (χ0n) is 15.3. The summed E-state index contributed by atoms with van der Waals surface area (Å²) in [6.45, 7) is 6.74. The molecule has 2 amide bonds. The van der Waals surface area contributed by atoms with Crippen LogP contribution in [0.4, 0.5) is 5.69 Å². The Hall–Kier alpha value is -2.35. The minimum absolute atomic E-state index is 0.0982. The van der Waals surface area contributed by atoms with Crippen LogP contribution in [-0.2, 0) is 22.6 Å². The molecule has 1 atom stereocenters. The summed E-state index contributed by atoms with van der Waals surface area (Å²) in [5.41, 5.74) is 6.00. The molecule has 0 saturated heterocycles. The van der Waals surface area contributed by atoms with Gasteiger partial charge < -0.3 is 15.6 Å². The molecule has 1 aromatic carbocycles. The fraction of sp³-hybridized carbons (Fsp3) is 0.444. The number of benzene rings is 1. The van der Waals surface area contributed by atoms with Gasteiger partial charge in [-0.3, -0.25) is 9.59 Å². The Balaban J connectivity index is 2.08. The molecule has 0 aliphatic rings. The molecule has 3 N–H and O–H groups in total. The molecule has 0 aliphatic carbocycles. The Bertz CT molecular complexity index is 745. The predicted octanol–water partition coefficient (Wildman–Crippen LogP) is 2.47. The first-order valence-electron chi connectivity index (χ1n) is 8.59. The zero-order chi connectivity index (χ0) is 19.1. The van der Waals surface area contributed by atoms with E-state index in [0.717, 1.165) is 18.1 Å². The number of aryl methyl sites for hydroxylation is 1. The standard InChI is InChI=1S/C18H25N5O2S/c1-12(2)11-23-16(10-9-15(19)24)21-22-18(23)26-13(3)17(25)20-14-7-5-4-6-8-14/h4-8,12-13H,9-11H2,1-3H3,(H2,19,24)(H,20,25)/t13-/m0/s1. The molecular weight excluding hydrogens is 350 g/mol. The van der Waals surface area contributed by atoms with Gasteiger partial charge in [0.25, 0.3) is 0 Å². The van der Waals surface area contributed by atoms with Gasteiger partial charge in [-0.2, -0.15) is 0 Å². The normalized spacial score (nSPS) is 12.2. The molecule has 0 spiro atoms. The SMILES string of the molecule is CC(C)Cn1c(CCC(N)=O)nnc1S[C@@H](C)C(=O)Nc1ccccc1. The van der Waals surface area contributed by atoms with E-state index in [9.17, 15) is 9.59 Å². The highest BCUT2D eigenvalue weighted by Crippen LogP contribution is 2.25. The van der Waals surface area contributed by atoms with Gasteiger partial charge in [0.2, 0.25) is 11.8 Å². The molecule has 1 aromatic heterocycles. The minimum atomic E-state index is -0.367. The van der Waals surface area contributed by atoms with E-state index in [1.54, 1.807) is 0 Å². The Morgan fingerprint density at radius 3 is 2.50 bits per heavy atom. The summed E-state index contributed by atoms with van der Waals surface area (Å²) in [5.74, 6) is 0.634. The van der Waals surface area contributed by atoms with Gasteiger partial charge in [-0.15, -0.1) is 10.2 Å².